The van der Waals surface area contributed by atoms with E-state index in [1.165, 1.54) is 18.2 Å². The van der Waals surface area contributed by atoms with Crippen LogP contribution in [0.1, 0.15) is 30.1 Å². The van der Waals surface area contributed by atoms with Gasteiger partial charge in [0.25, 0.3) is 5.91 Å². The number of likely N-dealkylation sites (N-methyl/N-ethyl adjacent to an activating group) is 1. The molecule has 2 aromatic rings. The molecule has 1 saturated heterocycles. The minimum absolute atomic E-state index is 0.0288. The lowest BCUT2D eigenvalue weighted by Crippen LogP contribution is -2.40. The van der Waals surface area contributed by atoms with Crippen LogP contribution >= 0.6 is 0 Å². The molecule has 4 nitrogen and oxygen atoms in total. The third-order valence-corrected chi connectivity index (χ3v) is 4.55. The minimum atomic E-state index is 0.0288. The second-order valence-corrected chi connectivity index (χ2v) is 5.83. The lowest BCUT2D eigenvalue weighted by molar-refractivity contribution is 0.0941. The standard InChI is InChI=1S/C17H23N3O/c1-3-20-9-4-5-15(20)12-18-17(21)14-7-6-13-8-10-19(2)16(13)11-14/h6-8,10-11,15H,3-5,9,12H2,1-2H3,(H,18,21)/t15-/m0/s1. The molecular weight excluding hydrogens is 262 g/mol. The highest BCUT2D eigenvalue weighted by Gasteiger charge is 2.23. The maximum Gasteiger partial charge on any atom is 0.251 e. The van der Waals surface area contributed by atoms with E-state index in [0.717, 1.165) is 30.7 Å². The molecule has 0 radical (unpaired) electrons. The molecule has 1 aliphatic rings. The fourth-order valence-corrected chi connectivity index (χ4v) is 3.26. The molecule has 2 heterocycles. The summed E-state index contributed by atoms with van der Waals surface area (Å²) in [6, 6.07) is 8.45. The third-order valence-electron chi connectivity index (χ3n) is 4.55. The lowest BCUT2D eigenvalue weighted by Gasteiger charge is -2.22. The Morgan fingerprint density at radius 1 is 1.38 bits per heavy atom. The number of aryl methyl sites for hydroxylation is 1. The van der Waals surface area contributed by atoms with Crippen LogP contribution in [0.3, 0.4) is 0 Å². The Hall–Kier alpha value is -1.81. The van der Waals surface area contributed by atoms with Crippen molar-refractivity contribution in [3.05, 3.63) is 36.0 Å². The number of carbonyl (C=O) groups excluding carboxylic acids is 1. The van der Waals surface area contributed by atoms with E-state index >= 15 is 0 Å². The van der Waals surface area contributed by atoms with Crippen LogP contribution in [0.15, 0.2) is 30.5 Å². The number of aromatic nitrogens is 1. The van der Waals surface area contributed by atoms with Crippen LogP contribution in [0.25, 0.3) is 10.9 Å². The van der Waals surface area contributed by atoms with Gasteiger partial charge >= 0.3 is 0 Å². The number of carbonyl (C=O) groups is 1. The summed E-state index contributed by atoms with van der Waals surface area (Å²) < 4.78 is 2.04. The van der Waals surface area contributed by atoms with E-state index in [1.807, 2.05) is 36.0 Å². The van der Waals surface area contributed by atoms with Crippen molar-refractivity contribution in [2.45, 2.75) is 25.8 Å². The first-order valence-electron chi connectivity index (χ1n) is 7.76. The van der Waals surface area contributed by atoms with Gasteiger partial charge in [0.1, 0.15) is 0 Å². The normalized spacial score (nSPS) is 19.2. The van der Waals surface area contributed by atoms with Crippen LogP contribution in [0.2, 0.25) is 0 Å². The molecule has 1 aromatic carbocycles. The predicted octanol–water partition coefficient (Wildman–Crippen LogP) is 2.39. The Morgan fingerprint density at radius 3 is 3.05 bits per heavy atom. The number of likely N-dealkylation sites (tertiary alicyclic amines) is 1. The molecule has 4 heteroatoms. The van der Waals surface area contributed by atoms with E-state index in [2.05, 4.69) is 23.2 Å². The van der Waals surface area contributed by atoms with Gasteiger partial charge in [-0.3, -0.25) is 9.69 Å². The number of benzene rings is 1. The topological polar surface area (TPSA) is 37.3 Å². The van der Waals surface area contributed by atoms with Crippen molar-refractivity contribution in [3.63, 3.8) is 0 Å². The first-order chi connectivity index (χ1) is 10.2. The van der Waals surface area contributed by atoms with E-state index in [-0.39, 0.29) is 5.91 Å². The summed E-state index contributed by atoms with van der Waals surface area (Å²) in [5, 5.41) is 4.26. The molecule has 21 heavy (non-hydrogen) atoms. The zero-order valence-electron chi connectivity index (χ0n) is 12.8. The summed E-state index contributed by atoms with van der Waals surface area (Å²) in [5.41, 5.74) is 1.84. The molecule has 1 atom stereocenters. The quantitative estimate of drug-likeness (QED) is 0.936. The zero-order chi connectivity index (χ0) is 14.8. The third kappa shape index (κ3) is 2.81. The second kappa shape index (κ2) is 5.90. The molecule has 0 spiro atoms. The molecular formula is C17H23N3O. The van der Waals surface area contributed by atoms with Crippen molar-refractivity contribution >= 4 is 16.8 Å². The number of rotatable bonds is 4. The van der Waals surface area contributed by atoms with E-state index in [9.17, 15) is 4.79 Å². The van der Waals surface area contributed by atoms with Gasteiger partial charge in [0.2, 0.25) is 0 Å². The Kier molecular flexibility index (Phi) is 3.97. The largest absolute Gasteiger partial charge is 0.351 e. The van der Waals surface area contributed by atoms with Gasteiger partial charge in [-0.25, -0.2) is 0 Å². The van der Waals surface area contributed by atoms with Gasteiger partial charge in [0.15, 0.2) is 0 Å². The van der Waals surface area contributed by atoms with Gasteiger partial charge in [-0.15, -0.1) is 0 Å². The summed E-state index contributed by atoms with van der Waals surface area (Å²) >= 11 is 0. The number of hydrogen-bond acceptors (Lipinski definition) is 2. The molecule has 0 aliphatic carbocycles. The molecule has 1 fully saturated rings. The van der Waals surface area contributed by atoms with E-state index < -0.39 is 0 Å². The summed E-state index contributed by atoms with van der Waals surface area (Å²) in [7, 11) is 2.00. The first kappa shape index (κ1) is 14.1. The Labute approximate surface area is 125 Å². The summed E-state index contributed by atoms with van der Waals surface area (Å²) in [5.74, 6) is 0.0288. The van der Waals surface area contributed by atoms with Crippen molar-refractivity contribution in [1.82, 2.24) is 14.8 Å². The number of nitrogens with zero attached hydrogens (tertiary/aromatic N) is 2. The maximum absolute atomic E-state index is 12.3. The second-order valence-electron chi connectivity index (χ2n) is 5.83. The minimum Gasteiger partial charge on any atom is -0.351 e. The molecule has 0 saturated carbocycles. The average Bonchev–Trinajstić information content (AvgIpc) is 3.11. The lowest BCUT2D eigenvalue weighted by atomic mass is 10.1. The smallest absolute Gasteiger partial charge is 0.251 e. The van der Waals surface area contributed by atoms with Gasteiger partial charge < -0.3 is 9.88 Å². The SMILES string of the molecule is CCN1CCC[C@H]1CNC(=O)c1ccc2ccn(C)c2c1. The van der Waals surface area contributed by atoms with Crippen LogP contribution in [0, 0.1) is 0 Å². The fraction of sp³-hybridized carbons (Fsp3) is 0.471. The highest BCUT2D eigenvalue weighted by atomic mass is 16.1. The van der Waals surface area contributed by atoms with Gasteiger partial charge in [-0.1, -0.05) is 13.0 Å². The molecule has 1 amide bonds. The molecule has 3 rings (SSSR count). The van der Waals surface area contributed by atoms with Gasteiger partial charge in [0, 0.05) is 36.9 Å². The summed E-state index contributed by atoms with van der Waals surface area (Å²) in [6.45, 7) is 5.16. The molecule has 0 bridgehead atoms. The Morgan fingerprint density at radius 2 is 2.24 bits per heavy atom. The molecule has 112 valence electrons. The monoisotopic (exact) mass is 285 g/mol. The van der Waals surface area contributed by atoms with Crippen LogP contribution in [-0.4, -0.2) is 41.1 Å². The van der Waals surface area contributed by atoms with E-state index in [1.54, 1.807) is 0 Å². The van der Waals surface area contributed by atoms with Gasteiger partial charge in [0.05, 0.1) is 0 Å². The van der Waals surface area contributed by atoms with Crippen molar-refractivity contribution in [3.8, 4) is 0 Å². The number of hydrogen-bond donors (Lipinski definition) is 1. The summed E-state index contributed by atoms with van der Waals surface area (Å²) in [4.78, 5) is 14.8. The molecule has 0 unspecified atom stereocenters. The van der Waals surface area contributed by atoms with Crippen molar-refractivity contribution in [2.24, 2.45) is 7.05 Å². The fourth-order valence-electron chi connectivity index (χ4n) is 3.26. The van der Waals surface area contributed by atoms with Crippen molar-refractivity contribution in [2.75, 3.05) is 19.6 Å². The number of amides is 1. The Balaban J connectivity index is 1.67. The number of nitrogens with one attached hydrogen (secondary N) is 1. The van der Waals surface area contributed by atoms with Gasteiger partial charge in [-0.2, -0.15) is 0 Å². The number of fused-ring (bicyclic) bond motifs is 1. The average molecular weight is 285 g/mol. The van der Waals surface area contributed by atoms with Crippen LogP contribution < -0.4 is 5.32 Å². The van der Waals surface area contributed by atoms with Crippen molar-refractivity contribution < 1.29 is 4.79 Å². The van der Waals surface area contributed by atoms with Crippen LogP contribution in [0.4, 0.5) is 0 Å². The molecule has 1 aromatic heterocycles. The first-order valence-corrected chi connectivity index (χ1v) is 7.76. The van der Waals surface area contributed by atoms with E-state index in [4.69, 9.17) is 0 Å². The maximum atomic E-state index is 12.3. The highest BCUT2D eigenvalue weighted by molar-refractivity contribution is 5.98. The molecule has 1 aliphatic heterocycles. The summed E-state index contributed by atoms with van der Waals surface area (Å²) in [6.07, 6.45) is 4.44. The van der Waals surface area contributed by atoms with Crippen LogP contribution in [0.5, 0.6) is 0 Å². The Bertz CT molecular complexity index is 647. The van der Waals surface area contributed by atoms with Crippen LogP contribution in [-0.2, 0) is 7.05 Å². The molecule has 1 N–H and O–H groups in total. The van der Waals surface area contributed by atoms with Crippen molar-refractivity contribution in [1.29, 1.82) is 0 Å². The van der Waals surface area contributed by atoms with Gasteiger partial charge in [-0.05, 0) is 49.5 Å². The zero-order valence-corrected chi connectivity index (χ0v) is 12.8. The van der Waals surface area contributed by atoms with E-state index in [0.29, 0.717) is 6.04 Å². The highest BCUT2D eigenvalue weighted by Crippen LogP contribution is 2.18. The predicted molar refractivity (Wildman–Crippen MR) is 85.5 cm³/mol.